The first kappa shape index (κ1) is 22.0. The quantitative estimate of drug-likeness (QED) is 0.560. The molecular weight excluding hydrogens is 440 g/mol. The standard InChI is InChI=1S/C23H21F2NO5S/c24-23(25)31-18-9-7-17(8-10-18)22(16-5-2-1-3-6-16)26-32(27,28)19-11-12-20-21(15-19)30-14-4-13-29-20/h1-3,5-12,15,22-23,26H,4,13-14H2/t22-/m1/s1. The first-order chi connectivity index (χ1) is 15.4. The summed E-state index contributed by atoms with van der Waals surface area (Å²) in [5.41, 5.74) is 1.25. The van der Waals surface area contributed by atoms with Gasteiger partial charge in [0.05, 0.1) is 24.2 Å². The number of halogens is 2. The Morgan fingerprint density at radius 2 is 1.50 bits per heavy atom. The molecule has 0 fully saturated rings. The zero-order chi connectivity index (χ0) is 22.6. The van der Waals surface area contributed by atoms with Gasteiger partial charge >= 0.3 is 6.61 Å². The maximum atomic E-state index is 13.2. The second kappa shape index (κ2) is 9.54. The van der Waals surface area contributed by atoms with Gasteiger partial charge in [-0.15, -0.1) is 0 Å². The third kappa shape index (κ3) is 5.17. The van der Waals surface area contributed by atoms with Crippen LogP contribution in [0.15, 0.2) is 77.7 Å². The van der Waals surface area contributed by atoms with Gasteiger partial charge in [0.25, 0.3) is 0 Å². The third-order valence-corrected chi connectivity index (χ3v) is 6.29. The predicted molar refractivity (Wildman–Crippen MR) is 114 cm³/mol. The molecule has 1 atom stereocenters. The second-order valence-electron chi connectivity index (χ2n) is 7.07. The predicted octanol–water partition coefficient (Wildman–Crippen LogP) is 4.52. The Bertz CT molecular complexity index is 1150. The molecule has 1 heterocycles. The molecule has 0 unspecified atom stereocenters. The molecule has 0 saturated heterocycles. The van der Waals surface area contributed by atoms with E-state index in [1.807, 2.05) is 6.07 Å². The zero-order valence-corrected chi connectivity index (χ0v) is 17.7. The molecule has 3 aromatic rings. The van der Waals surface area contributed by atoms with Crippen molar-refractivity contribution in [3.05, 3.63) is 83.9 Å². The number of rotatable bonds is 7. The molecule has 32 heavy (non-hydrogen) atoms. The van der Waals surface area contributed by atoms with Crippen molar-refractivity contribution in [1.29, 1.82) is 0 Å². The highest BCUT2D eigenvalue weighted by Crippen LogP contribution is 2.33. The van der Waals surface area contributed by atoms with Crippen LogP contribution in [-0.4, -0.2) is 28.2 Å². The van der Waals surface area contributed by atoms with Crippen LogP contribution in [0.3, 0.4) is 0 Å². The summed E-state index contributed by atoms with van der Waals surface area (Å²) in [6.45, 7) is -2.01. The lowest BCUT2D eigenvalue weighted by Gasteiger charge is -2.21. The number of benzene rings is 3. The topological polar surface area (TPSA) is 73.9 Å². The smallest absolute Gasteiger partial charge is 0.387 e. The Kier molecular flexibility index (Phi) is 6.57. The average Bonchev–Trinajstić information content (AvgIpc) is 3.03. The molecule has 3 aromatic carbocycles. The zero-order valence-electron chi connectivity index (χ0n) is 16.9. The summed E-state index contributed by atoms with van der Waals surface area (Å²) in [6.07, 6.45) is 0.705. The van der Waals surface area contributed by atoms with E-state index in [2.05, 4.69) is 9.46 Å². The van der Waals surface area contributed by atoms with E-state index in [0.717, 1.165) is 0 Å². The monoisotopic (exact) mass is 461 g/mol. The van der Waals surface area contributed by atoms with E-state index >= 15 is 0 Å². The highest BCUT2D eigenvalue weighted by Gasteiger charge is 2.25. The minimum absolute atomic E-state index is 0.0127. The lowest BCUT2D eigenvalue weighted by atomic mass is 10.00. The first-order valence-corrected chi connectivity index (χ1v) is 11.4. The van der Waals surface area contributed by atoms with E-state index in [-0.39, 0.29) is 10.6 Å². The molecule has 168 valence electrons. The Morgan fingerprint density at radius 3 is 2.19 bits per heavy atom. The van der Waals surface area contributed by atoms with Gasteiger partial charge in [0.15, 0.2) is 11.5 Å². The van der Waals surface area contributed by atoms with Gasteiger partial charge in [-0.05, 0) is 35.4 Å². The minimum atomic E-state index is -3.97. The molecule has 0 bridgehead atoms. The Morgan fingerprint density at radius 1 is 0.844 bits per heavy atom. The van der Waals surface area contributed by atoms with Crippen LogP contribution in [0.25, 0.3) is 0 Å². The lowest BCUT2D eigenvalue weighted by Crippen LogP contribution is -2.29. The van der Waals surface area contributed by atoms with E-state index < -0.39 is 22.7 Å². The number of hydrogen-bond acceptors (Lipinski definition) is 5. The van der Waals surface area contributed by atoms with Crippen LogP contribution in [0.2, 0.25) is 0 Å². The van der Waals surface area contributed by atoms with Crippen molar-refractivity contribution in [3.63, 3.8) is 0 Å². The van der Waals surface area contributed by atoms with Gasteiger partial charge < -0.3 is 14.2 Å². The van der Waals surface area contributed by atoms with Crippen molar-refractivity contribution in [2.75, 3.05) is 13.2 Å². The Labute approximate surface area is 184 Å². The van der Waals surface area contributed by atoms with E-state index in [9.17, 15) is 17.2 Å². The number of hydrogen-bond donors (Lipinski definition) is 1. The van der Waals surface area contributed by atoms with Crippen molar-refractivity contribution in [2.24, 2.45) is 0 Å². The molecule has 0 saturated carbocycles. The van der Waals surface area contributed by atoms with Gasteiger partial charge in [-0.3, -0.25) is 0 Å². The van der Waals surface area contributed by atoms with E-state index in [1.165, 1.54) is 24.3 Å². The van der Waals surface area contributed by atoms with Crippen molar-refractivity contribution < 1.29 is 31.4 Å². The van der Waals surface area contributed by atoms with Crippen LogP contribution in [0, 0.1) is 0 Å². The maximum Gasteiger partial charge on any atom is 0.387 e. The summed E-state index contributed by atoms with van der Waals surface area (Å²) in [6, 6.07) is 18.5. The summed E-state index contributed by atoms with van der Waals surface area (Å²) < 4.78 is 69.7. The number of nitrogens with one attached hydrogen (secondary N) is 1. The SMILES string of the molecule is O=S(=O)(N[C@H](c1ccccc1)c1ccc(OC(F)F)cc1)c1ccc2c(c1)OCCCO2. The molecule has 4 rings (SSSR count). The fourth-order valence-electron chi connectivity index (χ4n) is 3.35. The van der Waals surface area contributed by atoms with Gasteiger partial charge in [-0.25, -0.2) is 8.42 Å². The van der Waals surface area contributed by atoms with Crippen molar-refractivity contribution in [2.45, 2.75) is 24.0 Å². The number of fused-ring (bicyclic) bond motifs is 1. The molecule has 1 aliphatic rings. The number of alkyl halides is 2. The molecule has 1 aliphatic heterocycles. The summed E-state index contributed by atoms with van der Waals surface area (Å²) in [5, 5.41) is 0. The van der Waals surface area contributed by atoms with E-state index in [1.54, 1.807) is 42.5 Å². The van der Waals surface area contributed by atoms with Gasteiger partial charge in [0.1, 0.15) is 5.75 Å². The second-order valence-corrected chi connectivity index (χ2v) is 8.79. The number of ether oxygens (including phenoxy) is 3. The van der Waals surface area contributed by atoms with Gasteiger partial charge in [-0.1, -0.05) is 42.5 Å². The summed E-state index contributed by atoms with van der Waals surface area (Å²) in [4.78, 5) is 0.0281. The minimum Gasteiger partial charge on any atom is -0.490 e. The van der Waals surface area contributed by atoms with Crippen molar-refractivity contribution >= 4 is 10.0 Å². The highest BCUT2D eigenvalue weighted by molar-refractivity contribution is 7.89. The van der Waals surface area contributed by atoms with Crippen LogP contribution < -0.4 is 18.9 Å². The molecule has 0 aromatic heterocycles. The van der Waals surface area contributed by atoms with E-state index in [4.69, 9.17) is 9.47 Å². The molecule has 0 spiro atoms. The largest absolute Gasteiger partial charge is 0.490 e. The Hall–Kier alpha value is -3.17. The summed E-state index contributed by atoms with van der Waals surface area (Å²) >= 11 is 0. The fourth-order valence-corrected chi connectivity index (χ4v) is 4.58. The normalized spacial score (nSPS) is 14.6. The van der Waals surface area contributed by atoms with Crippen LogP contribution in [0.5, 0.6) is 17.2 Å². The maximum absolute atomic E-state index is 13.2. The van der Waals surface area contributed by atoms with Gasteiger partial charge in [-0.2, -0.15) is 13.5 Å². The molecule has 0 radical (unpaired) electrons. The van der Waals surface area contributed by atoms with Crippen LogP contribution in [0.1, 0.15) is 23.6 Å². The molecule has 0 amide bonds. The van der Waals surface area contributed by atoms with Crippen LogP contribution in [0.4, 0.5) is 8.78 Å². The number of sulfonamides is 1. The summed E-state index contributed by atoms with van der Waals surface area (Å²) in [7, 11) is -3.97. The summed E-state index contributed by atoms with van der Waals surface area (Å²) in [5.74, 6) is 0.854. The van der Waals surface area contributed by atoms with Crippen LogP contribution in [-0.2, 0) is 10.0 Å². The fraction of sp³-hybridized carbons (Fsp3) is 0.217. The van der Waals surface area contributed by atoms with Gasteiger partial charge in [0, 0.05) is 12.5 Å². The molecular formula is C23H21F2NO5S. The molecule has 1 N–H and O–H groups in total. The average molecular weight is 461 g/mol. The first-order valence-electron chi connectivity index (χ1n) is 9.94. The molecule has 6 nitrogen and oxygen atoms in total. The van der Waals surface area contributed by atoms with Crippen molar-refractivity contribution in [3.8, 4) is 17.2 Å². The molecule has 9 heteroatoms. The third-order valence-electron chi connectivity index (χ3n) is 4.87. The van der Waals surface area contributed by atoms with Crippen LogP contribution >= 0.6 is 0 Å². The highest BCUT2D eigenvalue weighted by atomic mass is 32.2. The van der Waals surface area contributed by atoms with E-state index in [0.29, 0.717) is 42.3 Å². The van der Waals surface area contributed by atoms with Gasteiger partial charge in [0.2, 0.25) is 10.0 Å². The Balaban J connectivity index is 1.66. The lowest BCUT2D eigenvalue weighted by molar-refractivity contribution is -0.0498. The van der Waals surface area contributed by atoms with Crippen molar-refractivity contribution in [1.82, 2.24) is 4.72 Å². The molecule has 0 aliphatic carbocycles.